The van der Waals surface area contributed by atoms with Crippen LogP contribution in [0.1, 0.15) is 11.3 Å². The molecule has 0 saturated heterocycles. The second kappa shape index (κ2) is 8.91. The lowest BCUT2D eigenvalue weighted by Gasteiger charge is -2.12. The van der Waals surface area contributed by atoms with Crippen LogP contribution in [0.5, 0.6) is 11.5 Å². The highest BCUT2D eigenvalue weighted by Crippen LogP contribution is 2.35. The highest BCUT2D eigenvalue weighted by atomic mass is 32.2. The summed E-state index contributed by atoms with van der Waals surface area (Å²) >= 11 is 3.28. The molecule has 1 N–H and O–H groups in total. The van der Waals surface area contributed by atoms with Crippen LogP contribution in [0.25, 0.3) is 0 Å². The molecule has 2 aromatic heterocycles. The van der Waals surface area contributed by atoms with E-state index in [9.17, 15) is 0 Å². The fraction of sp³-hybridized carbons (Fsp3) is 0.0909. The fourth-order valence-corrected chi connectivity index (χ4v) is 4.08. The molecule has 0 amide bonds. The highest BCUT2D eigenvalue weighted by Gasteiger charge is 2.11. The molecular formula is C22H19N3OS2. The molecule has 0 saturated carbocycles. The molecular weight excluding hydrogens is 386 g/mol. The van der Waals surface area contributed by atoms with E-state index in [-0.39, 0.29) is 0 Å². The van der Waals surface area contributed by atoms with Crippen molar-refractivity contribution in [3.63, 3.8) is 0 Å². The first-order valence-electron chi connectivity index (χ1n) is 8.85. The van der Waals surface area contributed by atoms with Gasteiger partial charge in [0.1, 0.15) is 5.75 Å². The molecule has 6 heteroatoms. The van der Waals surface area contributed by atoms with Crippen LogP contribution in [0.3, 0.4) is 0 Å². The van der Waals surface area contributed by atoms with Crippen LogP contribution >= 0.6 is 23.1 Å². The van der Waals surface area contributed by atoms with Crippen molar-refractivity contribution in [3.8, 4) is 11.5 Å². The predicted molar refractivity (Wildman–Crippen MR) is 117 cm³/mol. The van der Waals surface area contributed by atoms with Gasteiger partial charge in [0.05, 0.1) is 5.69 Å². The quantitative estimate of drug-likeness (QED) is 0.348. The molecule has 4 rings (SSSR count). The smallest absolute Gasteiger partial charge is 0.188 e. The van der Waals surface area contributed by atoms with Gasteiger partial charge in [-0.05, 0) is 30.7 Å². The number of nitrogens with one attached hydrogen (secondary N) is 1. The molecule has 0 aliphatic heterocycles. The molecule has 0 spiro atoms. The molecule has 4 nitrogen and oxygen atoms in total. The van der Waals surface area contributed by atoms with Crippen molar-refractivity contribution < 1.29 is 4.74 Å². The number of aromatic nitrogens is 2. The van der Waals surface area contributed by atoms with Crippen LogP contribution in [0.15, 0.2) is 83.2 Å². The van der Waals surface area contributed by atoms with E-state index >= 15 is 0 Å². The summed E-state index contributed by atoms with van der Waals surface area (Å²) in [6.07, 6.45) is 1.87. The molecule has 0 atom stereocenters. The summed E-state index contributed by atoms with van der Waals surface area (Å²) in [5, 5.41) is 6.08. The Balaban J connectivity index is 1.57. The number of hydrogen-bond acceptors (Lipinski definition) is 6. The van der Waals surface area contributed by atoms with E-state index < -0.39 is 0 Å². The number of rotatable bonds is 7. The Morgan fingerprint density at radius 2 is 1.79 bits per heavy atom. The maximum absolute atomic E-state index is 6.12. The first-order valence-corrected chi connectivity index (χ1v) is 10.7. The Kier molecular flexibility index (Phi) is 5.89. The monoisotopic (exact) mass is 405 g/mol. The number of pyridine rings is 1. The molecule has 2 aromatic carbocycles. The molecule has 2 heterocycles. The molecule has 0 aliphatic carbocycles. The number of hydrogen-bond donors (Lipinski definition) is 1. The van der Waals surface area contributed by atoms with Crippen LogP contribution in [-0.2, 0) is 5.75 Å². The van der Waals surface area contributed by atoms with E-state index in [0.29, 0.717) is 11.6 Å². The van der Waals surface area contributed by atoms with Gasteiger partial charge < -0.3 is 10.1 Å². The van der Waals surface area contributed by atoms with Gasteiger partial charge in [0.25, 0.3) is 0 Å². The van der Waals surface area contributed by atoms with Crippen LogP contribution in [-0.4, -0.2) is 9.97 Å². The summed E-state index contributed by atoms with van der Waals surface area (Å²) in [6.45, 7) is 1.97. The minimum Gasteiger partial charge on any atom is -0.453 e. The van der Waals surface area contributed by atoms with Gasteiger partial charge in [-0.3, -0.25) is 0 Å². The Morgan fingerprint density at radius 3 is 2.50 bits per heavy atom. The summed E-state index contributed by atoms with van der Waals surface area (Å²) in [5.41, 5.74) is 2.26. The van der Waals surface area contributed by atoms with E-state index in [2.05, 4.69) is 39.6 Å². The Labute approximate surface area is 172 Å². The third-order valence-electron chi connectivity index (χ3n) is 3.89. The standard InChI is InChI=1S/C22H19N3OS2/c1-16-14-28-22(24-16)25-21-20(26-18-10-6-3-7-11-18)12-19(13-23-21)27-15-17-8-4-2-5-9-17/h2-14H,15H2,1H3,(H,23,24,25). The van der Waals surface area contributed by atoms with Crippen molar-refractivity contribution >= 4 is 34.0 Å². The minimum absolute atomic E-state index is 0.655. The molecule has 0 radical (unpaired) electrons. The van der Waals surface area contributed by atoms with Gasteiger partial charge in [-0.25, -0.2) is 9.97 Å². The Morgan fingerprint density at radius 1 is 1.04 bits per heavy atom. The summed E-state index contributed by atoms with van der Waals surface area (Å²) in [6, 6.07) is 22.2. The van der Waals surface area contributed by atoms with Gasteiger partial charge in [0.2, 0.25) is 0 Å². The van der Waals surface area contributed by atoms with Crippen LogP contribution in [0, 0.1) is 6.92 Å². The van der Waals surface area contributed by atoms with Gasteiger partial charge in [-0.15, -0.1) is 23.1 Å². The van der Waals surface area contributed by atoms with Gasteiger partial charge >= 0.3 is 0 Å². The largest absolute Gasteiger partial charge is 0.453 e. The number of thioether (sulfide) groups is 1. The topological polar surface area (TPSA) is 47.0 Å². The maximum Gasteiger partial charge on any atom is 0.188 e. The number of nitrogens with zero attached hydrogens (tertiary/aromatic N) is 2. The number of anilines is 2. The third-order valence-corrected chi connectivity index (χ3v) is 5.80. The van der Waals surface area contributed by atoms with Crippen LogP contribution in [0.4, 0.5) is 10.9 Å². The van der Waals surface area contributed by atoms with Gasteiger partial charge in [-0.1, -0.05) is 48.5 Å². The average molecular weight is 406 g/mol. The summed E-state index contributed by atoms with van der Waals surface area (Å²) in [5.74, 6) is 2.98. The van der Waals surface area contributed by atoms with E-state index in [1.165, 1.54) is 5.56 Å². The fourth-order valence-electron chi connectivity index (χ4n) is 2.55. The lowest BCUT2D eigenvalue weighted by molar-refractivity contribution is 0.481. The lowest BCUT2D eigenvalue weighted by atomic mass is 10.2. The summed E-state index contributed by atoms with van der Waals surface area (Å²) in [4.78, 5) is 10.1. The van der Waals surface area contributed by atoms with E-state index in [4.69, 9.17) is 4.74 Å². The zero-order valence-electron chi connectivity index (χ0n) is 15.3. The predicted octanol–water partition coefficient (Wildman–Crippen LogP) is 6.67. The first-order chi connectivity index (χ1) is 13.8. The average Bonchev–Trinajstić information content (AvgIpc) is 3.14. The summed E-state index contributed by atoms with van der Waals surface area (Å²) in [7, 11) is 0. The van der Waals surface area contributed by atoms with Crippen molar-refractivity contribution in [3.05, 3.63) is 89.6 Å². The maximum atomic E-state index is 6.12. The molecule has 0 fully saturated rings. The van der Waals surface area contributed by atoms with Gasteiger partial charge in [-0.2, -0.15) is 0 Å². The number of ether oxygens (including phenoxy) is 1. The molecule has 0 unspecified atom stereocenters. The van der Waals surface area contributed by atoms with Crippen molar-refractivity contribution in [2.24, 2.45) is 0 Å². The molecule has 140 valence electrons. The zero-order valence-corrected chi connectivity index (χ0v) is 17.0. The summed E-state index contributed by atoms with van der Waals surface area (Å²) < 4.78 is 6.12. The SMILES string of the molecule is Cc1csc(Nc2ncc(SCc3ccccc3)cc2Oc2ccccc2)n1. The molecule has 0 aliphatic rings. The zero-order chi connectivity index (χ0) is 19.2. The highest BCUT2D eigenvalue weighted by molar-refractivity contribution is 7.98. The Hall–Kier alpha value is -2.83. The first kappa shape index (κ1) is 18.5. The lowest BCUT2D eigenvalue weighted by Crippen LogP contribution is -1.97. The third kappa shape index (κ3) is 4.91. The van der Waals surface area contributed by atoms with Gasteiger partial charge in [0, 0.05) is 22.2 Å². The van der Waals surface area contributed by atoms with Crippen LogP contribution < -0.4 is 10.1 Å². The van der Waals surface area contributed by atoms with Crippen molar-refractivity contribution in [1.29, 1.82) is 0 Å². The van der Waals surface area contributed by atoms with Gasteiger partial charge in [0.15, 0.2) is 16.7 Å². The van der Waals surface area contributed by atoms with Crippen molar-refractivity contribution in [2.75, 3.05) is 5.32 Å². The molecule has 28 heavy (non-hydrogen) atoms. The van der Waals surface area contributed by atoms with Crippen molar-refractivity contribution in [1.82, 2.24) is 9.97 Å². The van der Waals surface area contributed by atoms with Crippen molar-refractivity contribution in [2.45, 2.75) is 17.6 Å². The minimum atomic E-state index is 0.655. The van der Waals surface area contributed by atoms with Crippen LogP contribution in [0.2, 0.25) is 0 Å². The number of benzene rings is 2. The molecule has 0 bridgehead atoms. The molecule has 4 aromatic rings. The second-order valence-corrected chi connectivity index (χ2v) is 8.03. The number of aryl methyl sites for hydroxylation is 1. The number of thiazole rings is 1. The normalized spacial score (nSPS) is 10.6. The Bertz CT molecular complexity index is 1040. The number of para-hydroxylation sites is 1. The van der Waals surface area contributed by atoms with E-state index in [0.717, 1.165) is 27.2 Å². The second-order valence-electron chi connectivity index (χ2n) is 6.13. The van der Waals surface area contributed by atoms with E-state index in [1.54, 1.807) is 23.1 Å². The van der Waals surface area contributed by atoms with E-state index in [1.807, 2.05) is 61.0 Å².